The van der Waals surface area contributed by atoms with Gasteiger partial charge in [-0.2, -0.15) is 13.2 Å². The van der Waals surface area contributed by atoms with Crippen molar-refractivity contribution < 1.29 is 13.2 Å². The van der Waals surface area contributed by atoms with Gasteiger partial charge in [0.2, 0.25) is 5.95 Å². The van der Waals surface area contributed by atoms with Crippen molar-refractivity contribution >= 4 is 17.5 Å². The van der Waals surface area contributed by atoms with Crippen LogP contribution in [0.5, 0.6) is 0 Å². The van der Waals surface area contributed by atoms with Crippen LogP contribution in [0, 0.1) is 0 Å². The quantitative estimate of drug-likeness (QED) is 0.776. The molecule has 0 aliphatic heterocycles. The minimum atomic E-state index is -4.52. The summed E-state index contributed by atoms with van der Waals surface area (Å²) in [5.74, 6) is 0.211. The molecule has 1 aromatic heterocycles. The van der Waals surface area contributed by atoms with Gasteiger partial charge in [-0.15, -0.1) is 0 Å². The fourth-order valence-electron chi connectivity index (χ4n) is 1.20. The molecule has 1 rings (SSSR count). The van der Waals surface area contributed by atoms with E-state index in [1.165, 1.54) is 0 Å². The Bertz CT molecular complexity index is 364. The van der Waals surface area contributed by atoms with Gasteiger partial charge in [-0.3, -0.25) is 0 Å². The van der Waals surface area contributed by atoms with Crippen molar-refractivity contribution in [3.63, 3.8) is 0 Å². The number of nitrogens with zero attached hydrogens (tertiary/aromatic N) is 3. The molecular formula is C9H11ClF3N3. The Hall–Kier alpha value is -1.04. The zero-order valence-electron chi connectivity index (χ0n) is 8.85. The Kier molecular flexibility index (Phi) is 3.96. The summed E-state index contributed by atoms with van der Waals surface area (Å²) in [6, 6.07) is 0. The van der Waals surface area contributed by atoms with E-state index < -0.39 is 16.9 Å². The molecule has 0 amide bonds. The van der Waals surface area contributed by atoms with E-state index in [1.54, 1.807) is 4.90 Å². The second-order valence-electron chi connectivity index (χ2n) is 3.04. The second-order valence-corrected chi connectivity index (χ2v) is 3.40. The smallest absolute Gasteiger partial charge is 0.341 e. The molecule has 0 fully saturated rings. The van der Waals surface area contributed by atoms with Crippen LogP contribution in [0.3, 0.4) is 0 Å². The van der Waals surface area contributed by atoms with Gasteiger partial charge in [-0.25, -0.2) is 9.97 Å². The Morgan fingerprint density at radius 1 is 1.31 bits per heavy atom. The summed E-state index contributed by atoms with van der Waals surface area (Å²) in [6.07, 6.45) is -3.80. The van der Waals surface area contributed by atoms with E-state index >= 15 is 0 Å². The van der Waals surface area contributed by atoms with Crippen molar-refractivity contribution in [2.24, 2.45) is 0 Å². The second kappa shape index (κ2) is 4.86. The standard InChI is InChI=1S/C9H11ClF3N3/c1-3-16(4-2)8-14-5-6(7(10)15-8)9(11,12)13/h5H,3-4H2,1-2H3. The van der Waals surface area contributed by atoms with Gasteiger partial charge in [0.25, 0.3) is 0 Å². The molecule has 90 valence electrons. The van der Waals surface area contributed by atoms with Gasteiger partial charge in [-0.1, -0.05) is 11.6 Å². The van der Waals surface area contributed by atoms with E-state index in [0.717, 1.165) is 0 Å². The molecule has 1 heterocycles. The number of alkyl halides is 3. The summed E-state index contributed by atoms with van der Waals surface area (Å²) in [6.45, 7) is 4.94. The molecule has 0 bridgehead atoms. The molecule has 0 radical (unpaired) electrons. The first-order valence-corrected chi connectivity index (χ1v) is 5.12. The molecule has 16 heavy (non-hydrogen) atoms. The normalized spacial score (nSPS) is 11.6. The lowest BCUT2D eigenvalue weighted by Gasteiger charge is -2.19. The molecule has 0 spiro atoms. The predicted octanol–water partition coefficient (Wildman–Crippen LogP) is 3.00. The first-order chi connectivity index (χ1) is 7.40. The Morgan fingerprint density at radius 2 is 1.88 bits per heavy atom. The maximum Gasteiger partial charge on any atom is 0.420 e. The highest BCUT2D eigenvalue weighted by Gasteiger charge is 2.34. The van der Waals surface area contributed by atoms with Crippen LogP contribution in [-0.2, 0) is 6.18 Å². The highest BCUT2D eigenvalue weighted by atomic mass is 35.5. The third-order valence-corrected chi connectivity index (χ3v) is 2.37. The molecule has 3 nitrogen and oxygen atoms in total. The number of hydrogen-bond donors (Lipinski definition) is 0. The average molecular weight is 254 g/mol. The number of hydrogen-bond acceptors (Lipinski definition) is 3. The van der Waals surface area contributed by atoms with Gasteiger partial charge < -0.3 is 4.90 Å². The van der Waals surface area contributed by atoms with Crippen LogP contribution in [0.15, 0.2) is 6.20 Å². The summed E-state index contributed by atoms with van der Waals surface area (Å²) in [7, 11) is 0. The molecule has 0 aromatic carbocycles. The maximum absolute atomic E-state index is 12.4. The third kappa shape index (κ3) is 2.75. The lowest BCUT2D eigenvalue weighted by Crippen LogP contribution is -2.24. The zero-order chi connectivity index (χ0) is 12.3. The highest BCUT2D eigenvalue weighted by Crippen LogP contribution is 2.33. The maximum atomic E-state index is 12.4. The molecule has 0 aliphatic rings. The Labute approximate surface area is 96.3 Å². The van der Waals surface area contributed by atoms with E-state index in [9.17, 15) is 13.2 Å². The summed E-state index contributed by atoms with van der Waals surface area (Å²) < 4.78 is 37.1. The van der Waals surface area contributed by atoms with Gasteiger partial charge in [0, 0.05) is 19.3 Å². The molecule has 0 aliphatic carbocycles. The fourth-order valence-corrected chi connectivity index (χ4v) is 1.43. The van der Waals surface area contributed by atoms with Crippen molar-refractivity contribution in [3.8, 4) is 0 Å². The van der Waals surface area contributed by atoms with Crippen molar-refractivity contribution in [3.05, 3.63) is 16.9 Å². The zero-order valence-corrected chi connectivity index (χ0v) is 9.60. The van der Waals surface area contributed by atoms with Gasteiger partial charge in [0.15, 0.2) is 0 Å². The van der Waals surface area contributed by atoms with Crippen molar-refractivity contribution in [1.82, 2.24) is 9.97 Å². The highest BCUT2D eigenvalue weighted by molar-refractivity contribution is 6.30. The van der Waals surface area contributed by atoms with Gasteiger partial charge in [0.1, 0.15) is 10.7 Å². The van der Waals surface area contributed by atoms with Crippen LogP contribution in [0.1, 0.15) is 19.4 Å². The first kappa shape index (κ1) is 13.0. The van der Waals surface area contributed by atoms with E-state index in [1.807, 2.05) is 13.8 Å². The number of halogens is 4. The SMILES string of the molecule is CCN(CC)c1ncc(C(F)(F)F)c(Cl)n1. The van der Waals surface area contributed by atoms with E-state index in [2.05, 4.69) is 9.97 Å². The topological polar surface area (TPSA) is 29.0 Å². The summed E-state index contributed by atoms with van der Waals surface area (Å²) in [5.41, 5.74) is -1.01. The number of anilines is 1. The molecular weight excluding hydrogens is 243 g/mol. The lowest BCUT2D eigenvalue weighted by molar-refractivity contribution is -0.137. The summed E-state index contributed by atoms with van der Waals surface area (Å²) >= 11 is 5.47. The number of rotatable bonds is 3. The van der Waals surface area contributed by atoms with Crippen molar-refractivity contribution in [2.45, 2.75) is 20.0 Å². The van der Waals surface area contributed by atoms with Gasteiger partial charge in [0.05, 0.1) is 0 Å². The molecule has 0 saturated heterocycles. The van der Waals surface area contributed by atoms with Crippen LogP contribution in [0.25, 0.3) is 0 Å². The summed E-state index contributed by atoms with van der Waals surface area (Å²) in [4.78, 5) is 9.01. The van der Waals surface area contributed by atoms with E-state index in [0.29, 0.717) is 19.3 Å². The van der Waals surface area contributed by atoms with Crippen molar-refractivity contribution in [1.29, 1.82) is 0 Å². The van der Waals surface area contributed by atoms with Gasteiger partial charge >= 0.3 is 6.18 Å². The number of aromatic nitrogens is 2. The first-order valence-electron chi connectivity index (χ1n) is 4.74. The van der Waals surface area contributed by atoms with Crippen molar-refractivity contribution in [2.75, 3.05) is 18.0 Å². The molecule has 7 heteroatoms. The molecule has 0 N–H and O–H groups in total. The molecule has 0 saturated carbocycles. The lowest BCUT2D eigenvalue weighted by atomic mass is 10.3. The average Bonchev–Trinajstić information content (AvgIpc) is 2.17. The van der Waals surface area contributed by atoms with Crippen LogP contribution >= 0.6 is 11.6 Å². The van der Waals surface area contributed by atoms with E-state index in [4.69, 9.17) is 11.6 Å². The molecule has 0 unspecified atom stereocenters. The third-order valence-electron chi connectivity index (χ3n) is 2.08. The fraction of sp³-hybridized carbons (Fsp3) is 0.556. The monoisotopic (exact) mass is 253 g/mol. The van der Waals surface area contributed by atoms with Crippen LogP contribution < -0.4 is 4.90 Å². The minimum Gasteiger partial charge on any atom is -0.341 e. The van der Waals surface area contributed by atoms with Crippen LogP contribution in [0.4, 0.5) is 19.1 Å². The van der Waals surface area contributed by atoms with Crippen LogP contribution in [0.2, 0.25) is 5.15 Å². The van der Waals surface area contributed by atoms with Gasteiger partial charge in [-0.05, 0) is 13.8 Å². The predicted molar refractivity (Wildman–Crippen MR) is 55.6 cm³/mol. The Balaban J connectivity index is 3.08. The van der Waals surface area contributed by atoms with E-state index in [-0.39, 0.29) is 5.95 Å². The van der Waals surface area contributed by atoms with Crippen LogP contribution in [-0.4, -0.2) is 23.1 Å². The Morgan fingerprint density at radius 3 is 2.25 bits per heavy atom. The summed E-state index contributed by atoms with van der Waals surface area (Å²) in [5, 5.41) is -0.565. The molecule has 1 aromatic rings. The minimum absolute atomic E-state index is 0.211. The molecule has 0 atom stereocenters. The largest absolute Gasteiger partial charge is 0.420 e.